The van der Waals surface area contributed by atoms with Gasteiger partial charge in [-0.15, -0.1) is 0 Å². The number of pyridine rings is 1. The lowest BCUT2D eigenvalue weighted by Crippen LogP contribution is -2.39. The highest BCUT2D eigenvalue weighted by molar-refractivity contribution is 6.00. The van der Waals surface area contributed by atoms with E-state index in [0.29, 0.717) is 28.5 Å². The van der Waals surface area contributed by atoms with Crippen molar-refractivity contribution >= 4 is 28.2 Å². The summed E-state index contributed by atoms with van der Waals surface area (Å²) in [6, 6.07) is 11.1. The molecular weight excluding hydrogens is 372 g/mol. The molecule has 1 fully saturated rings. The Labute approximate surface area is 168 Å². The first-order valence-corrected chi connectivity index (χ1v) is 9.83. The number of nitrogens with zero attached hydrogens (tertiary/aromatic N) is 2. The molecule has 2 heterocycles. The first-order chi connectivity index (χ1) is 13.9. The van der Waals surface area contributed by atoms with Crippen LogP contribution in [0.5, 0.6) is 0 Å². The largest absolute Gasteiger partial charge is 0.355 e. The fourth-order valence-corrected chi connectivity index (χ4v) is 3.82. The molecule has 4 rings (SSSR count). The van der Waals surface area contributed by atoms with E-state index in [4.69, 9.17) is 0 Å². The maximum atomic E-state index is 13.7. The van der Waals surface area contributed by atoms with Gasteiger partial charge in [-0.2, -0.15) is 0 Å². The lowest BCUT2D eigenvalue weighted by atomic mass is 10.00. The van der Waals surface area contributed by atoms with E-state index in [1.54, 1.807) is 6.07 Å². The number of aromatic nitrogens is 1. The molecule has 2 aromatic carbocycles. The van der Waals surface area contributed by atoms with E-state index in [0.717, 1.165) is 49.0 Å². The average molecular weight is 395 g/mol. The third-order valence-electron chi connectivity index (χ3n) is 5.33. The van der Waals surface area contributed by atoms with Crippen molar-refractivity contribution in [3.63, 3.8) is 0 Å². The number of aryl methyl sites for hydroxylation is 1. The van der Waals surface area contributed by atoms with E-state index < -0.39 is 11.6 Å². The van der Waals surface area contributed by atoms with Crippen molar-refractivity contribution < 1.29 is 13.6 Å². The fourth-order valence-electron chi connectivity index (χ4n) is 3.82. The number of benzene rings is 2. The first-order valence-electron chi connectivity index (χ1n) is 9.83. The molecule has 1 atom stereocenters. The van der Waals surface area contributed by atoms with Gasteiger partial charge in [-0.1, -0.05) is 18.6 Å². The van der Waals surface area contributed by atoms with Gasteiger partial charge in [0.15, 0.2) is 11.6 Å². The van der Waals surface area contributed by atoms with Gasteiger partial charge in [0.2, 0.25) is 0 Å². The number of likely N-dealkylation sites (tertiary alicyclic amines) is 1. The molecule has 1 N–H and O–H groups in total. The van der Waals surface area contributed by atoms with Crippen molar-refractivity contribution in [2.45, 2.75) is 26.7 Å². The molecule has 0 bridgehead atoms. The Hall–Kier alpha value is -3.02. The van der Waals surface area contributed by atoms with Crippen LogP contribution in [0.4, 0.5) is 20.2 Å². The van der Waals surface area contributed by atoms with Crippen LogP contribution in [0.2, 0.25) is 0 Å². The van der Waals surface area contributed by atoms with Crippen LogP contribution < -0.4 is 5.32 Å². The Morgan fingerprint density at radius 3 is 2.72 bits per heavy atom. The molecule has 6 heteroatoms. The van der Waals surface area contributed by atoms with E-state index in [9.17, 15) is 13.6 Å². The Balaban J connectivity index is 1.75. The zero-order chi connectivity index (χ0) is 20.5. The summed E-state index contributed by atoms with van der Waals surface area (Å²) in [7, 11) is 0. The number of fused-ring (bicyclic) bond motifs is 1. The fraction of sp³-hybridized carbons (Fsp3) is 0.304. The van der Waals surface area contributed by atoms with Crippen molar-refractivity contribution in [1.29, 1.82) is 0 Å². The SMILES string of the molecule is Cc1ccc2nc(C(=O)N3CCC[C@H](C)C3)cc(Nc3ccc(F)c(F)c3)c2c1. The van der Waals surface area contributed by atoms with E-state index in [-0.39, 0.29) is 5.91 Å². The molecule has 1 aliphatic heterocycles. The van der Waals surface area contributed by atoms with Gasteiger partial charge in [0, 0.05) is 30.2 Å². The van der Waals surface area contributed by atoms with Crippen LogP contribution in [-0.4, -0.2) is 28.9 Å². The number of piperidine rings is 1. The van der Waals surface area contributed by atoms with Crippen LogP contribution in [0, 0.1) is 24.5 Å². The minimum atomic E-state index is -0.928. The highest BCUT2D eigenvalue weighted by Crippen LogP contribution is 2.29. The number of carbonyl (C=O) groups is 1. The topological polar surface area (TPSA) is 45.2 Å². The summed E-state index contributed by atoms with van der Waals surface area (Å²) in [6.07, 6.45) is 2.11. The van der Waals surface area contributed by atoms with E-state index in [2.05, 4.69) is 17.2 Å². The minimum absolute atomic E-state index is 0.104. The molecule has 3 aromatic rings. The van der Waals surface area contributed by atoms with Gasteiger partial charge in [0.05, 0.1) is 11.2 Å². The minimum Gasteiger partial charge on any atom is -0.355 e. The normalized spacial score (nSPS) is 16.8. The molecule has 1 saturated heterocycles. The smallest absolute Gasteiger partial charge is 0.272 e. The summed E-state index contributed by atoms with van der Waals surface area (Å²) in [5.74, 6) is -1.47. The molecule has 150 valence electrons. The zero-order valence-electron chi connectivity index (χ0n) is 16.5. The van der Waals surface area contributed by atoms with E-state index in [1.165, 1.54) is 6.07 Å². The Morgan fingerprint density at radius 2 is 1.97 bits per heavy atom. The molecule has 1 aromatic heterocycles. The van der Waals surface area contributed by atoms with Crippen LogP contribution in [0.25, 0.3) is 10.9 Å². The van der Waals surface area contributed by atoms with Gasteiger partial charge in [-0.25, -0.2) is 13.8 Å². The summed E-state index contributed by atoms with van der Waals surface area (Å²) in [4.78, 5) is 19.5. The number of anilines is 2. The quantitative estimate of drug-likeness (QED) is 0.643. The average Bonchev–Trinajstić information content (AvgIpc) is 2.70. The molecule has 0 saturated carbocycles. The third-order valence-corrected chi connectivity index (χ3v) is 5.33. The predicted octanol–water partition coefficient (Wildman–Crippen LogP) is 5.44. The summed E-state index contributed by atoms with van der Waals surface area (Å²) >= 11 is 0. The summed E-state index contributed by atoms with van der Waals surface area (Å²) in [6.45, 7) is 5.56. The number of amides is 1. The van der Waals surface area contributed by atoms with Crippen molar-refractivity contribution in [2.75, 3.05) is 18.4 Å². The standard InChI is InChI=1S/C23H23F2N3O/c1-14-5-8-20-17(10-14)21(26-16-6-7-18(24)19(25)11-16)12-22(27-20)23(29)28-9-3-4-15(2)13-28/h5-8,10-12,15H,3-4,9,13H2,1-2H3,(H,26,27)/t15-/m0/s1. The second-order valence-corrected chi connectivity index (χ2v) is 7.83. The van der Waals surface area contributed by atoms with Crippen LogP contribution in [0.1, 0.15) is 35.8 Å². The van der Waals surface area contributed by atoms with Crippen molar-refractivity contribution in [1.82, 2.24) is 9.88 Å². The molecular formula is C23H23F2N3O. The molecule has 1 aliphatic rings. The zero-order valence-corrected chi connectivity index (χ0v) is 16.5. The number of nitrogens with one attached hydrogen (secondary N) is 1. The van der Waals surface area contributed by atoms with Gasteiger partial charge >= 0.3 is 0 Å². The molecule has 29 heavy (non-hydrogen) atoms. The van der Waals surface area contributed by atoms with Gasteiger partial charge in [0.1, 0.15) is 5.69 Å². The lowest BCUT2D eigenvalue weighted by molar-refractivity contribution is 0.0677. The van der Waals surface area contributed by atoms with Gasteiger partial charge in [0.25, 0.3) is 5.91 Å². The summed E-state index contributed by atoms with van der Waals surface area (Å²) in [5.41, 5.74) is 3.11. The number of hydrogen-bond acceptors (Lipinski definition) is 3. The second kappa shape index (κ2) is 7.78. The highest BCUT2D eigenvalue weighted by atomic mass is 19.2. The third kappa shape index (κ3) is 4.06. The van der Waals surface area contributed by atoms with Crippen molar-refractivity contribution in [3.05, 3.63) is 65.4 Å². The number of halogens is 2. The van der Waals surface area contributed by atoms with Crippen molar-refractivity contribution in [2.24, 2.45) is 5.92 Å². The number of hydrogen-bond donors (Lipinski definition) is 1. The molecule has 0 radical (unpaired) electrons. The van der Waals surface area contributed by atoms with Crippen LogP contribution in [0.3, 0.4) is 0 Å². The highest BCUT2D eigenvalue weighted by Gasteiger charge is 2.24. The molecule has 0 spiro atoms. The Morgan fingerprint density at radius 1 is 1.14 bits per heavy atom. The molecule has 4 nitrogen and oxygen atoms in total. The monoisotopic (exact) mass is 395 g/mol. The summed E-state index contributed by atoms with van der Waals surface area (Å²) < 4.78 is 26.9. The van der Waals surface area contributed by atoms with Crippen molar-refractivity contribution in [3.8, 4) is 0 Å². The van der Waals surface area contributed by atoms with Gasteiger partial charge in [-0.3, -0.25) is 4.79 Å². The van der Waals surface area contributed by atoms with Crippen LogP contribution in [0.15, 0.2) is 42.5 Å². The van der Waals surface area contributed by atoms with E-state index in [1.807, 2.05) is 30.0 Å². The second-order valence-electron chi connectivity index (χ2n) is 7.83. The van der Waals surface area contributed by atoms with Gasteiger partial charge in [-0.05, 0) is 56.0 Å². The maximum Gasteiger partial charge on any atom is 0.272 e. The number of carbonyl (C=O) groups excluding carboxylic acids is 1. The summed E-state index contributed by atoms with van der Waals surface area (Å²) in [5, 5.41) is 3.95. The van der Waals surface area contributed by atoms with E-state index >= 15 is 0 Å². The molecule has 0 unspecified atom stereocenters. The predicted molar refractivity (Wildman–Crippen MR) is 110 cm³/mol. The van der Waals surface area contributed by atoms with Crippen LogP contribution in [-0.2, 0) is 0 Å². The lowest BCUT2D eigenvalue weighted by Gasteiger charge is -2.30. The molecule has 0 aliphatic carbocycles. The maximum absolute atomic E-state index is 13.7. The Bertz CT molecular complexity index is 1080. The van der Waals surface area contributed by atoms with Crippen LogP contribution >= 0.6 is 0 Å². The molecule has 1 amide bonds. The first kappa shape index (κ1) is 19.3. The van der Waals surface area contributed by atoms with Gasteiger partial charge < -0.3 is 10.2 Å². The number of rotatable bonds is 3. The Kier molecular flexibility index (Phi) is 5.18.